The van der Waals surface area contributed by atoms with E-state index >= 15 is 0 Å². The topological polar surface area (TPSA) is 81.8 Å². The Kier molecular flexibility index (Phi) is 6.59. The highest BCUT2D eigenvalue weighted by Crippen LogP contribution is 2.44. The van der Waals surface area contributed by atoms with E-state index in [1.165, 1.54) is 17.6 Å². The SMILES string of the molecule is CCc1cc2c(=O)c(-c3nc(C)cs3)coc2c(C(c2ccc(OC)cc2)[N+]2(C)CCOCC2)c1O. The van der Waals surface area contributed by atoms with Crippen LogP contribution in [0.3, 0.4) is 0 Å². The molecule has 1 atom stereocenters. The smallest absolute Gasteiger partial charge is 0.202 e. The Labute approximate surface area is 214 Å². The van der Waals surface area contributed by atoms with Gasteiger partial charge in [0.15, 0.2) is 5.58 Å². The number of likely N-dealkylation sites (N-methyl/N-ethyl adjacent to an activating group) is 1. The number of rotatable bonds is 6. The zero-order chi connectivity index (χ0) is 25.4. The van der Waals surface area contributed by atoms with Gasteiger partial charge in [-0.2, -0.15) is 0 Å². The van der Waals surface area contributed by atoms with Crippen LogP contribution < -0.4 is 10.2 Å². The maximum Gasteiger partial charge on any atom is 0.202 e. The zero-order valence-corrected chi connectivity index (χ0v) is 21.9. The lowest BCUT2D eigenvalue weighted by Gasteiger charge is -2.44. The van der Waals surface area contributed by atoms with Crippen molar-refractivity contribution in [1.29, 1.82) is 0 Å². The summed E-state index contributed by atoms with van der Waals surface area (Å²) in [6.07, 6.45) is 2.07. The molecule has 1 N–H and O–H groups in total. The third kappa shape index (κ3) is 4.19. The van der Waals surface area contributed by atoms with Gasteiger partial charge in [-0.15, -0.1) is 11.3 Å². The maximum absolute atomic E-state index is 13.8. The van der Waals surface area contributed by atoms with Crippen LogP contribution in [0.2, 0.25) is 0 Å². The first-order chi connectivity index (χ1) is 17.4. The maximum atomic E-state index is 13.8. The van der Waals surface area contributed by atoms with E-state index in [-0.39, 0.29) is 17.2 Å². The molecule has 36 heavy (non-hydrogen) atoms. The number of aryl methyl sites for hydroxylation is 2. The second kappa shape index (κ2) is 9.69. The van der Waals surface area contributed by atoms with E-state index in [1.807, 2.05) is 43.5 Å². The number of aromatic hydroxyl groups is 1. The first-order valence-corrected chi connectivity index (χ1v) is 13.0. The van der Waals surface area contributed by atoms with Gasteiger partial charge in [0, 0.05) is 16.6 Å². The van der Waals surface area contributed by atoms with Crippen molar-refractivity contribution in [2.45, 2.75) is 26.3 Å². The Hall–Kier alpha value is -3.20. The van der Waals surface area contributed by atoms with Crippen LogP contribution in [-0.2, 0) is 11.2 Å². The van der Waals surface area contributed by atoms with Gasteiger partial charge in [-0.1, -0.05) is 6.92 Å². The molecule has 0 spiro atoms. The molecule has 8 heteroatoms. The molecule has 2 aromatic carbocycles. The number of aromatic nitrogens is 1. The number of benzene rings is 2. The quantitative estimate of drug-likeness (QED) is 0.367. The monoisotopic (exact) mass is 507 g/mol. The zero-order valence-electron chi connectivity index (χ0n) is 21.0. The van der Waals surface area contributed by atoms with Crippen molar-refractivity contribution in [2.24, 2.45) is 0 Å². The molecule has 1 saturated heterocycles. The lowest BCUT2D eigenvalue weighted by atomic mass is 9.89. The Morgan fingerprint density at radius 1 is 1.22 bits per heavy atom. The van der Waals surface area contributed by atoms with Crippen molar-refractivity contribution in [3.05, 3.63) is 74.6 Å². The molecular weight excluding hydrogens is 476 g/mol. The first-order valence-electron chi connectivity index (χ1n) is 12.1. The number of hydrogen-bond acceptors (Lipinski definition) is 7. The van der Waals surface area contributed by atoms with Gasteiger partial charge in [0.2, 0.25) is 5.43 Å². The van der Waals surface area contributed by atoms with E-state index < -0.39 is 0 Å². The molecule has 0 bridgehead atoms. The number of morpholine rings is 1. The van der Waals surface area contributed by atoms with Gasteiger partial charge in [-0.05, 0) is 49.2 Å². The van der Waals surface area contributed by atoms with Crippen molar-refractivity contribution in [3.63, 3.8) is 0 Å². The molecule has 188 valence electrons. The van der Waals surface area contributed by atoms with Crippen molar-refractivity contribution in [2.75, 3.05) is 40.5 Å². The Morgan fingerprint density at radius 2 is 1.94 bits per heavy atom. The Morgan fingerprint density at radius 3 is 2.56 bits per heavy atom. The number of hydrogen-bond donors (Lipinski definition) is 1. The molecule has 1 fully saturated rings. The number of methoxy groups -OCH3 is 1. The lowest BCUT2D eigenvalue weighted by Crippen LogP contribution is -2.54. The van der Waals surface area contributed by atoms with Crippen molar-refractivity contribution in [3.8, 4) is 22.1 Å². The van der Waals surface area contributed by atoms with Gasteiger partial charge < -0.3 is 23.5 Å². The molecule has 2 aromatic heterocycles. The summed E-state index contributed by atoms with van der Waals surface area (Å²) >= 11 is 1.42. The van der Waals surface area contributed by atoms with E-state index in [4.69, 9.17) is 13.9 Å². The van der Waals surface area contributed by atoms with Crippen LogP contribution in [0.1, 0.15) is 35.3 Å². The normalized spacial score (nSPS) is 16.2. The number of nitrogens with zero attached hydrogens (tertiary/aromatic N) is 2. The van der Waals surface area contributed by atoms with Gasteiger partial charge in [0.05, 0.1) is 43.9 Å². The minimum Gasteiger partial charge on any atom is -0.507 e. The third-order valence-electron chi connectivity index (χ3n) is 7.20. The van der Waals surface area contributed by atoms with Gasteiger partial charge in [0.25, 0.3) is 0 Å². The van der Waals surface area contributed by atoms with E-state index in [0.29, 0.717) is 51.2 Å². The average Bonchev–Trinajstić information content (AvgIpc) is 3.32. The average molecular weight is 508 g/mol. The van der Waals surface area contributed by atoms with Crippen molar-refractivity contribution >= 4 is 22.3 Å². The van der Waals surface area contributed by atoms with Crippen molar-refractivity contribution in [1.82, 2.24) is 4.98 Å². The predicted octanol–water partition coefficient (Wildman–Crippen LogP) is 5.07. The van der Waals surface area contributed by atoms with Crippen LogP contribution >= 0.6 is 11.3 Å². The lowest BCUT2D eigenvalue weighted by molar-refractivity contribution is -0.940. The number of phenolic OH excluding ortho intramolecular Hbond substituents is 1. The second-order valence-electron chi connectivity index (χ2n) is 9.52. The van der Waals surface area contributed by atoms with E-state index in [1.54, 1.807) is 13.2 Å². The summed E-state index contributed by atoms with van der Waals surface area (Å²) in [6.45, 7) is 6.64. The summed E-state index contributed by atoms with van der Waals surface area (Å²) in [5.41, 5.74) is 3.94. The molecule has 1 unspecified atom stereocenters. The number of fused-ring (bicyclic) bond motifs is 1. The molecule has 0 saturated carbocycles. The fourth-order valence-corrected chi connectivity index (χ4v) is 5.94. The third-order valence-corrected chi connectivity index (χ3v) is 8.20. The number of thiazole rings is 1. The van der Waals surface area contributed by atoms with Crippen LogP contribution in [0.25, 0.3) is 21.5 Å². The van der Waals surface area contributed by atoms with Gasteiger partial charge >= 0.3 is 0 Å². The van der Waals surface area contributed by atoms with Crippen molar-refractivity contribution < 1.29 is 23.5 Å². The molecule has 5 rings (SSSR count). The molecule has 1 aliphatic rings. The molecule has 1 aliphatic heterocycles. The van der Waals surface area contributed by atoms with Crippen LogP contribution in [0.5, 0.6) is 11.5 Å². The Bertz CT molecular complexity index is 1450. The van der Waals surface area contributed by atoms with Crippen LogP contribution in [-0.4, -0.2) is 55.0 Å². The first kappa shape index (κ1) is 24.5. The fraction of sp³-hybridized carbons (Fsp3) is 0.357. The van der Waals surface area contributed by atoms with Crippen LogP contribution in [0.15, 0.2) is 51.2 Å². The van der Waals surface area contributed by atoms with Gasteiger partial charge in [-0.3, -0.25) is 4.79 Å². The standard InChI is InChI=1S/C28H30N2O5S/c1-5-18-14-21-26(32)22(28-29-17(2)16-36-28)15-35-27(21)23(25(18)31)24(30(3)10-12-34-13-11-30)19-6-8-20(33-4)9-7-19/h6-9,14-16,24H,5,10-13H2,1-4H3/p+1. The fourth-order valence-electron chi connectivity index (χ4n) is 5.14. The molecule has 4 aromatic rings. The molecule has 7 nitrogen and oxygen atoms in total. The second-order valence-corrected chi connectivity index (χ2v) is 10.4. The van der Waals surface area contributed by atoms with Crippen LogP contribution in [0, 0.1) is 6.92 Å². The molecule has 0 aliphatic carbocycles. The number of phenols is 1. The van der Waals surface area contributed by atoms with E-state index in [2.05, 4.69) is 12.0 Å². The highest BCUT2D eigenvalue weighted by molar-refractivity contribution is 7.13. The molecular formula is C28H31N2O5S+. The summed E-state index contributed by atoms with van der Waals surface area (Å²) in [5, 5.41) is 14.6. The van der Waals surface area contributed by atoms with Gasteiger partial charge in [-0.25, -0.2) is 4.98 Å². The number of quaternary nitrogens is 1. The van der Waals surface area contributed by atoms with Crippen LogP contribution in [0.4, 0.5) is 0 Å². The minimum absolute atomic E-state index is 0.139. The summed E-state index contributed by atoms with van der Waals surface area (Å²) in [7, 11) is 3.81. The Balaban J connectivity index is 1.80. The van der Waals surface area contributed by atoms with E-state index in [9.17, 15) is 9.90 Å². The highest BCUT2D eigenvalue weighted by Gasteiger charge is 2.41. The predicted molar refractivity (Wildman–Crippen MR) is 141 cm³/mol. The highest BCUT2D eigenvalue weighted by atomic mass is 32.1. The van der Waals surface area contributed by atoms with E-state index in [0.717, 1.165) is 35.7 Å². The summed E-state index contributed by atoms with van der Waals surface area (Å²) in [6, 6.07) is 9.40. The molecule has 0 radical (unpaired) electrons. The summed E-state index contributed by atoms with van der Waals surface area (Å²) in [5.74, 6) is 0.936. The number of ether oxygens (including phenoxy) is 2. The largest absolute Gasteiger partial charge is 0.507 e. The summed E-state index contributed by atoms with van der Waals surface area (Å²) in [4.78, 5) is 18.2. The van der Waals surface area contributed by atoms with Gasteiger partial charge in [0.1, 0.15) is 41.9 Å². The molecule has 0 amide bonds. The summed E-state index contributed by atoms with van der Waals surface area (Å²) < 4.78 is 17.9. The minimum atomic E-state index is -0.273. The molecule has 3 heterocycles.